The van der Waals surface area contributed by atoms with Gasteiger partial charge in [0.1, 0.15) is 11.6 Å². The number of carbonyl (C=O) groups is 2. The summed E-state index contributed by atoms with van der Waals surface area (Å²) >= 11 is 3.54. The zero-order valence-electron chi connectivity index (χ0n) is 16.1. The molecule has 1 atom stereocenters. The van der Waals surface area contributed by atoms with Crippen molar-refractivity contribution in [1.82, 2.24) is 14.9 Å². The minimum Gasteiger partial charge on any atom is -0.507 e. The Morgan fingerprint density at radius 3 is 2.53 bits per heavy atom. The smallest absolute Gasteiger partial charge is 0.295 e. The van der Waals surface area contributed by atoms with Crippen LogP contribution in [0.3, 0.4) is 0 Å². The number of aliphatic hydroxyl groups excluding tert-OH is 1. The third kappa shape index (κ3) is 3.80. The first-order valence-electron chi connectivity index (χ1n) is 9.64. The van der Waals surface area contributed by atoms with Gasteiger partial charge in [-0.1, -0.05) is 64.5 Å². The number of nitrogens with zero attached hydrogens (tertiary/aromatic N) is 2. The minimum atomic E-state index is -0.671. The molecule has 30 heavy (non-hydrogen) atoms. The van der Waals surface area contributed by atoms with Crippen LogP contribution in [0.4, 0.5) is 0 Å². The van der Waals surface area contributed by atoms with Crippen molar-refractivity contribution < 1.29 is 14.7 Å². The van der Waals surface area contributed by atoms with Crippen LogP contribution in [0.25, 0.3) is 5.76 Å². The van der Waals surface area contributed by atoms with Crippen molar-refractivity contribution in [1.29, 1.82) is 0 Å². The van der Waals surface area contributed by atoms with Crippen molar-refractivity contribution in [2.45, 2.75) is 18.9 Å². The molecule has 2 N–H and O–H groups in total. The number of rotatable bonds is 6. The number of aryl methyl sites for hydroxylation is 1. The third-order valence-electron chi connectivity index (χ3n) is 5.15. The molecular weight excluding hydrogens is 446 g/mol. The SMILES string of the molecule is O=C1C(=O)N(CCCc2ncc[nH]2)C(c2ccccc2Br)/C1=C(\O)c1ccccc1. The standard InChI is InChI=1S/C23H20BrN3O3/c24-17-10-5-4-9-16(17)20-19(21(28)15-7-2-1-3-8-15)22(29)23(30)27(20)14-6-11-18-25-12-13-26-18/h1-5,7-10,12-13,20,28H,6,11,14H2,(H,25,26)/b21-19+. The van der Waals surface area contributed by atoms with Crippen molar-refractivity contribution in [2.75, 3.05) is 6.54 Å². The van der Waals surface area contributed by atoms with Crippen LogP contribution in [0.15, 0.2) is 77.0 Å². The molecule has 1 aliphatic rings. The molecule has 152 valence electrons. The summed E-state index contributed by atoms with van der Waals surface area (Å²) in [6.45, 7) is 0.364. The first-order valence-corrected chi connectivity index (χ1v) is 10.4. The highest BCUT2D eigenvalue weighted by molar-refractivity contribution is 9.10. The van der Waals surface area contributed by atoms with Crippen LogP contribution in [0, 0.1) is 0 Å². The molecule has 0 saturated carbocycles. The maximum Gasteiger partial charge on any atom is 0.295 e. The van der Waals surface area contributed by atoms with Crippen molar-refractivity contribution >= 4 is 33.4 Å². The second-order valence-electron chi connectivity index (χ2n) is 7.02. The first kappa shape index (κ1) is 20.1. The van der Waals surface area contributed by atoms with Gasteiger partial charge in [0.2, 0.25) is 0 Å². The molecule has 0 aliphatic carbocycles. The summed E-state index contributed by atoms with van der Waals surface area (Å²) in [5.41, 5.74) is 1.37. The lowest BCUT2D eigenvalue weighted by Crippen LogP contribution is -2.31. The molecule has 1 aromatic heterocycles. The highest BCUT2D eigenvalue weighted by atomic mass is 79.9. The number of nitrogens with one attached hydrogen (secondary N) is 1. The largest absolute Gasteiger partial charge is 0.507 e. The van der Waals surface area contributed by atoms with E-state index in [0.717, 1.165) is 15.9 Å². The number of amides is 1. The lowest BCUT2D eigenvalue weighted by atomic mass is 9.95. The summed E-state index contributed by atoms with van der Waals surface area (Å²) in [7, 11) is 0. The molecule has 3 aromatic rings. The molecular formula is C23H20BrN3O3. The number of hydrogen-bond acceptors (Lipinski definition) is 4. The van der Waals surface area contributed by atoms with Crippen LogP contribution < -0.4 is 0 Å². The van der Waals surface area contributed by atoms with E-state index >= 15 is 0 Å². The van der Waals surface area contributed by atoms with E-state index in [4.69, 9.17) is 0 Å². The monoisotopic (exact) mass is 465 g/mol. The molecule has 1 saturated heterocycles. The summed E-state index contributed by atoms with van der Waals surface area (Å²) in [6.07, 6.45) is 4.72. The molecule has 1 amide bonds. The van der Waals surface area contributed by atoms with Crippen molar-refractivity contribution in [2.24, 2.45) is 0 Å². The van der Waals surface area contributed by atoms with E-state index in [1.54, 1.807) is 41.6 Å². The average Bonchev–Trinajstić information content (AvgIpc) is 3.37. The van der Waals surface area contributed by atoms with E-state index in [0.29, 0.717) is 24.9 Å². The summed E-state index contributed by atoms with van der Waals surface area (Å²) in [4.78, 5) is 34.7. The van der Waals surface area contributed by atoms with E-state index in [2.05, 4.69) is 25.9 Å². The third-order valence-corrected chi connectivity index (χ3v) is 5.88. The maximum atomic E-state index is 13.0. The minimum absolute atomic E-state index is 0.107. The van der Waals surface area contributed by atoms with Crippen molar-refractivity contribution in [3.63, 3.8) is 0 Å². The van der Waals surface area contributed by atoms with Crippen LogP contribution >= 0.6 is 15.9 Å². The number of aromatic amines is 1. The summed E-state index contributed by atoms with van der Waals surface area (Å²) in [5, 5.41) is 11.0. The van der Waals surface area contributed by atoms with Crippen LogP contribution in [-0.4, -0.2) is 38.2 Å². The van der Waals surface area contributed by atoms with Crippen molar-refractivity contribution in [3.05, 3.63) is 94.0 Å². The molecule has 4 rings (SSSR count). The van der Waals surface area contributed by atoms with Gasteiger partial charge in [-0.05, 0) is 18.1 Å². The Kier molecular flexibility index (Phi) is 5.81. The number of carbonyl (C=O) groups excluding carboxylic acids is 2. The van der Waals surface area contributed by atoms with E-state index in [1.165, 1.54) is 0 Å². The fraction of sp³-hybridized carbons (Fsp3) is 0.174. The average molecular weight is 466 g/mol. The van der Waals surface area contributed by atoms with Gasteiger partial charge in [0, 0.05) is 35.4 Å². The first-order chi connectivity index (χ1) is 14.6. The zero-order chi connectivity index (χ0) is 21.1. The number of aromatic nitrogens is 2. The molecule has 0 radical (unpaired) electrons. The van der Waals surface area contributed by atoms with Crippen LogP contribution in [-0.2, 0) is 16.0 Å². The van der Waals surface area contributed by atoms with Gasteiger partial charge in [-0.3, -0.25) is 9.59 Å². The number of aliphatic hydroxyl groups is 1. The van der Waals surface area contributed by atoms with Crippen LogP contribution in [0.1, 0.15) is 29.4 Å². The van der Waals surface area contributed by atoms with Crippen molar-refractivity contribution in [3.8, 4) is 0 Å². The number of ketones is 1. The Labute approximate surface area is 182 Å². The number of likely N-dealkylation sites (tertiary alicyclic amines) is 1. The summed E-state index contributed by atoms with van der Waals surface area (Å²) in [6, 6.07) is 15.6. The molecule has 1 fully saturated rings. The molecule has 0 bridgehead atoms. The van der Waals surface area contributed by atoms with Gasteiger partial charge in [0.15, 0.2) is 0 Å². The Hall–Kier alpha value is -3.19. The summed E-state index contributed by atoms with van der Waals surface area (Å²) < 4.78 is 0.770. The quantitative estimate of drug-likeness (QED) is 0.324. The number of benzene rings is 2. The number of imidazole rings is 1. The van der Waals surface area contributed by atoms with Gasteiger partial charge in [-0.25, -0.2) is 4.98 Å². The van der Waals surface area contributed by atoms with E-state index in [-0.39, 0.29) is 11.3 Å². The van der Waals surface area contributed by atoms with E-state index < -0.39 is 17.7 Å². The highest BCUT2D eigenvalue weighted by Gasteiger charge is 2.46. The molecule has 0 spiro atoms. The predicted molar refractivity (Wildman–Crippen MR) is 117 cm³/mol. The fourth-order valence-corrected chi connectivity index (χ4v) is 4.24. The molecule has 1 aliphatic heterocycles. The Bertz CT molecular complexity index is 1090. The summed E-state index contributed by atoms with van der Waals surface area (Å²) in [5.74, 6) is -0.612. The number of H-pyrrole nitrogens is 1. The lowest BCUT2D eigenvalue weighted by Gasteiger charge is -2.26. The highest BCUT2D eigenvalue weighted by Crippen LogP contribution is 2.41. The lowest BCUT2D eigenvalue weighted by molar-refractivity contribution is -0.139. The number of hydrogen-bond donors (Lipinski definition) is 2. The van der Waals surface area contributed by atoms with E-state index in [1.807, 2.05) is 30.3 Å². The Morgan fingerprint density at radius 2 is 1.83 bits per heavy atom. The van der Waals surface area contributed by atoms with Crippen LogP contribution in [0.5, 0.6) is 0 Å². The predicted octanol–water partition coefficient (Wildman–Crippen LogP) is 4.23. The van der Waals surface area contributed by atoms with E-state index in [9.17, 15) is 14.7 Å². The fourth-order valence-electron chi connectivity index (χ4n) is 3.73. The van der Waals surface area contributed by atoms with Gasteiger partial charge < -0.3 is 15.0 Å². The topological polar surface area (TPSA) is 86.3 Å². The Morgan fingerprint density at radius 1 is 1.10 bits per heavy atom. The van der Waals surface area contributed by atoms with Gasteiger partial charge in [0.05, 0.1) is 11.6 Å². The number of halogens is 1. The molecule has 7 heteroatoms. The Balaban J connectivity index is 1.74. The second-order valence-corrected chi connectivity index (χ2v) is 7.87. The van der Waals surface area contributed by atoms with Gasteiger partial charge in [-0.2, -0.15) is 0 Å². The second kappa shape index (κ2) is 8.67. The number of Topliss-reactive ketones (excluding diaryl/α,β-unsaturated/α-hetero) is 1. The molecule has 2 aromatic carbocycles. The maximum absolute atomic E-state index is 13.0. The normalized spacial score (nSPS) is 18.2. The molecule has 2 heterocycles. The van der Waals surface area contributed by atoms with Gasteiger partial charge in [0.25, 0.3) is 11.7 Å². The molecule has 1 unspecified atom stereocenters. The van der Waals surface area contributed by atoms with Crippen LogP contribution in [0.2, 0.25) is 0 Å². The van der Waals surface area contributed by atoms with Gasteiger partial charge >= 0.3 is 0 Å². The zero-order valence-corrected chi connectivity index (χ0v) is 17.7. The van der Waals surface area contributed by atoms with Gasteiger partial charge in [-0.15, -0.1) is 0 Å². The molecule has 6 nitrogen and oxygen atoms in total.